The fourth-order valence-electron chi connectivity index (χ4n) is 2.83. The molecule has 0 spiro atoms. The van der Waals surface area contributed by atoms with Crippen molar-refractivity contribution in [3.8, 4) is 0 Å². The van der Waals surface area contributed by atoms with Crippen LogP contribution >= 0.6 is 0 Å². The Kier molecular flexibility index (Phi) is 8.49. The molecule has 0 fully saturated rings. The van der Waals surface area contributed by atoms with Crippen molar-refractivity contribution in [3.05, 3.63) is 64.7 Å². The Balaban J connectivity index is 1.86. The van der Waals surface area contributed by atoms with Gasteiger partial charge >= 0.3 is 5.97 Å². The Morgan fingerprint density at radius 3 is 2.19 bits per heavy atom. The van der Waals surface area contributed by atoms with Crippen LogP contribution in [0.5, 0.6) is 0 Å². The minimum absolute atomic E-state index is 0.0910. The van der Waals surface area contributed by atoms with Gasteiger partial charge in [-0.1, -0.05) is 13.0 Å². The summed E-state index contributed by atoms with van der Waals surface area (Å²) in [5, 5.41) is 5.24. The molecule has 2 rings (SSSR count). The van der Waals surface area contributed by atoms with Crippen LogP contribution in [0.2, 0.25) is 0 Å². The molecule has 1 atom stereocenters. The van der Waals surface area contributed by atoms with E-state index in [0.717, 1.165) is 17.5 Å². The summed E-state index contributed by atoms with van der Waals surface area (Å²) < 4.78 is 5.15. The quantitative estimate of drug-likeness (QED) is 0.473. The number of Topliss-reactive ketones (excluding diaryl/α,β-unsaturated/α-hetero) is 1. The highest BCUT2D eigenvalue weighted by molar-refractivity contribution is 6.01. The molecule has 164 valence electrons. The second-order valence-corrected chi connectivity index (χ2v) is 7.35. The van der Waals surface area contributed by atoms with Gasteiger partial charge in [-0.15, -0.1) is 0 Å². The van der Waals surface area contributed by atoms with Crippen molar-refractivity contribution in [2.45, 2.75) is 46.6 Å². The van der Waals surface area contributed by atoms with Crippen LogP contribution in [0.1, 0.15) is 58.5 Å². The number of rotatable bonds is 9. The topological polar surface area (TPSA) is 102 Å². The van der Waals surface area contributed by atoms with Gasteiger partial charge in [0.25, 0.3) is 5.91 Å². The van der Waals surface area contributed by atoms with Gasteiger partial charge < -0.3 is 15.4 Å². The van der Waals surface area contributed by atoms with E-state index in [2.05, 4.69) is 10.6 Å². The molecule has 2 aromatic carbocycles. The highest BCUT2D eigenvalue weighted by Crippen LogP contribution is 2.13. The van der Waals surface area contributed by atoms with Gasteiger partial charge in [0, 0.05) is 23.2 Å². The van der Waals surface area contributed by atoms with Crippen molar-refractivity contribution < 1.29 is 23.9 Å². The maximum atomic E-state index is 12.5. The molecule has 2 N–H and O–H groups in total. The van der Waals surface area contributed by atoms with E-state index in [9.17, 15) is 19.2 Å². The predicted molar refractivity (Wildman–Crippen MR) is 118 cm³/mol. The van der Waals surface area contributed by atoms with E-state index in [-0.39, 0.29) is 24.1 Å². The monoisotopic (exact) mass is 424 g/mol. The molecule has 0 unspecified atom stereocenters. The number of carbonyl (C=O) groups is 4. The normalized spacial score (nSPS) is 11.4. The second kappa shape index (κ2) is 11.1. The van der Waals surface area contributed by atoms with Gasteiger partial charge in [-0.25, -0.2) is 0 Å². The minimum atomic E-state index is -1.01. The van der Waals surface area contributed by atoms with Gasteiger partial charge in [-0.3, -0.25) is 19.2 Å². The zero-order chi connectivity index (χ0) is 23.0. The van der Waals surface area contributed by atoms with Crippen molar-refractivity contribution in [2.75, 3.05) is 11.9 Å². The number of hydrogen-bond donors (Lipinski definition) is 2. The number of amides is 2. The Morgan fingerprint density at radius 1 is 0.935 bits per heavy atom. The number of anilines is 1. The summed E-state index contributed by atoms with van der Waals surface area (Å²) in [7, 11) is 0. The molecule has 2 amide bonds. The number of esters is 1. The average molecular weight is 424 g/mol. The van der Waals surface area contributed by atoms with E-state index in [1.807, 2.05) is 26.8 Å². The Hall–Kier alpha value is -3.48. The average Bonchev–Trinajstić information content (AvgIpc) is 2.74. The first-order valence-corrected chi connectivity index (χ1v) is 10.2. The molecule has 0 bridgehead atoms. The van der Waals surface area contributed by atoms with Crippen LogP contribution < -0.4 is 10.6 Å². The van der Waals surface area contributed by atoms with Gasteiger partial charge in [0.05, 0.1) is 0 Å². The number of benzene rings is 2. The first kappa shape index (κ1) is 23.8. The second-order valence-electron chi connectivity index (χ2n) is 7.35. The van der Waals surface area contributed by atoms with Crippen molar-refractivity contribution in [1.29, 1.82) is 0 Å². The van der Waals surface area contributed by atoms with Crippen molar-refractivity contribution in [1.82, 2.24) is 5.32 Å². The van der Waals surface area contributed by atoms with Crippen molar-refractivity contribution in [2.24, 2.45) is 0 Å². The molecule has 31 heavy (non-hydrogen) atoms. The molecule has 0 radical (unpaired) electrons. The summed E-state index contributed by atoms with van der Waals surface area (Å²) in [6.45, 7) is 6.90. The molecule has 0 aliphatic carbocycles. The van der Waals surface area contributed by atoms with Crippen LogP contribution in [-0.4, -0.2) is 36.2 Å². The molecule has 0 saturated heterocycles. The zero-order valence-corrected chi connectivity index (χ0v) is 18.3. The molecule has 7 nitrogen and oxygen atoms in total. The van der Waals surface area contributed by atoms with Crippen LogP contribution in [0.3, 0.4) is 0 Å². The minimum Gasteiger partial charge on any atom is -0.453 e. The van der Waals surface area contributed by atoms with Crippen molar-refractivity contribution >= 4 is 29.3 Å². The lowest BCUT2D eigenvalue weighted by atomic mass is 10.1. The number of aryl methyl sites for hydroxylation is 2. The summed E-state index contributed by atoms with van der Waals surface area (Å²) in [6, 6.07) is 11.6. The van der Waals surface area contributed by atoms with E-state index in [0.29, 0.717) is 23.2 Å². The summed E-state index contributed by atoms with van der Waals surface area (Å²) >= 11 is 0. The predicted octanol–water partition coefficient (Wildman–Crippen LogP) is 3.59. The van der Waals surface area contributed by atoms with E-state index >= 15 is 0 Å². The maximum absolute atomic E-state index is 12.5. The summed E-state index contributed by atoms with van der Waals surface area (Å²) in [5.74, 6) is -1.56. The lowest BCUT2D eigenvalue weighted by Crippen LogP contribution is -2.34. The van der Waals surface area contributed by atoms with Gasteiger partial charge in [-0.05, 0) is 74.7 Å². The molecule has 7 heteroatoms. The SMILES string of the molecule is CCCC(=O)Nc1ccc(C(=O)[C@H](C)OC(=O)CNC(=O)c2ccc(C)c(C)c2)cc1. The molecular formula is C24H28N2O5. The Labute approximate surface area is 182 Å². The molecule has 0 aliphatic rings. The van der Waals surface area contributed by atoms with Crippen LogP contribution in [0.15, 0.2) is 42.5 Å². The van der Waals surface area contributed by atoms with Crippen LogP contribution in [0.25, 0.3) is 0 Å². The van der Waals surface area contributed by atoms with E-state index in [1.165, 1.54) is 6.92 Å². The first-order chi connectivity index (χ1) is 14.7. The molecular weight excluding hydrogens is 396 g/mol. The lowest BCUT2D eigenvalue weighted by Gasteiger charge is -2.13. The largest absolute Gasteiger partial charge is 0.453 e. The number of carbonyl (C=O) groups excluding carboxylic acids is 4. The lowest BCUT2D eigenvalue weighted by molar-refractivity contribution is -0.145. The van der Waals surface area contributed by atoms with E-state index in [1.54, 1.807) is 36.4 Å². The zero-order valence-electron chi connectivity index (χ0n) is 18.3. The fourth-order valence-corrected chi connectivity index (χ4v) is 2.83. The summed E-state index contributed by atoms with van der Waals surface area (Å²) in [6.07, 6.45) is 0.163. The number of hydrogen-bond acceptors (Lipinski definition) is 5. The summed E-state index contributed by atoms with van der Waals surface area (Å²) in [4.78, 5) is 48.4. The first-order valence-electron chi connectivity index (χ1n) is 10.2. The smallest absolute Gasteiger partial charge is 0.326 e. The number of nitrogens with one attached hydrogen (secondary N) is 2. The van der Waals surface area contributed by atoms with Gasteiger partial charge in [-0.2, -0.15) is 0 Å². The third-order valence-corrected chi connectivity index (χ3v) is 4.77. The third kappa shape index (κ3) is 7.06. The van der Waals surface area contributed by atoms with Gasteiger partial charge in [0.1, 0.15) is 6.54 Å². The van der Waals surface area contributed by atoms with E-state index < -0.39 is 12.1 Å². The maximum Gasteiger partial charge on any atom is 0.326 e. The third-order valence-electron chi connectivity index (χ3n) is 4.77. The molecule has 2 aromatic rings. The van der Waals surface area contributed by atoms with Crippen LogP contribution in [-0.2, 0) is 14.3 Å². The van der Waals surface area contributed by atoms with Crippen molar-refractivity contribution in [3.63, 3.8) is 0 Å². The van der Waals surface area contributed by atoms with Gasteiger partial charge in [0.15, 0.2) is 6.10 Å². The number of ether oxygens (including phenoxy) is 1. The fraction of sp³-hybridized carbons (Fsp3) is 0.333. The van der Waals surface area contributed by atoms with Crippen LogP contribution in [0, 0.1) is 13.8 Å². The molecule has 0 aliphatic heterocycles. The van der Waals surface area contributed by atoms with E-state index in [4.69, 9.17) is 4.74 Å². The van der Waals surface area contributed by atoms with Gasteiger partial charge in [0.2, 0.25) is 11.7 Å². The summed E-state index contributed by atoms with van der Waals surface area (Å²) in [5.41, 5.74) is 3.44. The highest BCUT2D eigenvalue weighted by atomic mass is 16.5. The molecule has 0 heterocycles. The van der Waals surface area contributed by atoms with Crippen LogP contribution in [0.4, 0.5) is 5.69 Å². The standard InChI is InChI=1S/C24H28N2O5/c1-5-6-21(27)26-20-11-9-18(10-12-20)23(29)17(4)31-22(28)14-25-24(30)19-8-7-15(2)16(3)13-19/h7-13,17H,5-6,14H2,1-4H3,(H,25,30)(H,26,27)/t17-/m0/s1. The molecule has 0 saturated carbocycles. The Morgan fingerprint density at radius 2 is 1.58 bits per heavy atom. The molecule has 0 aromatic heterocycles. The highest BCUT2D eigenvalue weighted by Gasteiger charge is 2.20. The Bertz CT molecular complexity index is 966. The number of ketones is 1.